The minimum atomic E-state index is -4.63. The van der Waals surface area contributed by atoms with Crippen molar-refractivity contribution in [1.29, 1.82) is 0 Å². The Balaban J connectivity index is 4.33. The normalized spacial score (nSPS) is 14.1. The first-order chi connectivity index (χ1) is 28.0. The van der Waals surface area contributed by atoms with Crippen molar-refractivity contribution in [2.75, 3.05) is 47.5 Å². The zero-order valence-corrected chi connectivity index (χ0v) is 38.6. The third-order valence-corrected chi connectivity index (χ3v) is 10.5. The van der Waals surface area contributed by atoms with E-state index in [-0.39, 0.29) is 26.1 Å². The Morgan fingerprint density at radius 2 is 0.983 bits per heavy atom. The van der Waals surface area contributed by atoms with Crippen molar-refractivity contribution in [3.63, 3.8) is 0 Å². The molecule has 0 saturated heterocycles. The number of hydrogen-bond donors (Lipinski definition) is 0. The lowest BCUT2D eigenvalue weighted by atomic mass is 10.1. The van der Waals surface area contributed by atoms with Crippen molar-refractivity contribution in [2.45, 2.75) is 187 Å². The lowest BCUT2D eigenvalue weighted by Gasteiger charge is -2.28. The third kappa shape index (κ3) is 43.3. The maximum Gasteiger partial charge on any atom is 0.306 e. The summed E-state index contributed by atoms with van der Waals surface area (Å²) < 4.78 is 33.9. The van der Waals surface area contributed by atoms with Gasteiger partial charge in [-0.15, -0.1) is 0 Å². The maximum atomic E-state index is 12.7. The van der Waals surface area contributed by atoms with E-state index in [2.05, 4.69) is 74.6 Å². The zero-order valence-electron chi connectivity index (χ0n) is 37.7. The minimum absolute atomic E-state index is 0.0361. The van der Waals surface area contributed by atoms with Gasteiger partial charge in [-0.25, -0.2) is 0 Å². The summed E-state index contributed by atoms with van der Waals surface area (Å²) in [5, 5.41) is 0. The van der Waals surface area contributed by atoms with Crippen LogP contribution in [0.15, 0.2) is 60.8 Å². The van der Waals surface area contributed by atoms with Gasteiger partial charge >= 0.3 is 11.9 Å². The molecule has 0 fully saturated rings. The standard InChI is InChI=1S/C48H86NO8P/c1-6-8-10-12-14-16-18-20-21-22-23-24-25-26-27-29-31-33-35-37-39-41-48(51)57-46(45-56-58(52,53)55-43-42-49(3,4)5)44-54-47(50)40-38-36-34-32-30-28-19-17-15-13-11-9-7-2/h8,10,14,16-17,19-21,23-24,46H,6-7,9,11-13,15,18,22,25-45H2,1-5H3/b10-8-,16-14-,19-17-,21-20-,24-23-. The molecule has 58 heavy (non-hydrogen) atoms. The van der Waals surface area contributed by atoms with Crippen LogP contribution in [0.25, 0.3) is 0 Å². The van der Waals surface area contributed by atoms with Gasteiger partial charge < -0.3 is 27.9 Å². The second-order valence-electron chi connectivity index (χ2n) is 16.4. The van der Waals surface area contributed by atoms with Crippen LogP contribution in [0.5, 0.6) is 0 Å². The van der Waals surface area contributed by atoms with Crippen molar-refractivity contribution in [3.8, 4) is 0 Å². The van der Waals surface area contributed by atoms with Crippen LogP contribution in [0.4, 0.5) is 0 Å². The number of hydrogen-bond acceptors (Lipinski definition) is 8. The van der Waals surface area contributed by atoms with Crippen LogP contribution in [0.1, 0.15) is 181 Å². The molecule has 0 aliphatic rings. The van der Waals surface area contributed by atoms with Crippen LogP contribution in [-0.2, 0) is 32.7 Å². The molecule has 0 aliphatic carbocycles. The van der Waals surface area contributed by atoms with E-state index in [0.717, 1.165) is 89.9 Å². The van der Waals surface area contributed by atoms with Gasteiger partial charge in [-0.1, -0.05) is 152 Å². The monoisotopic (exact) mass is 836 g/mol. The Hall–Kier alpha value is -2.29. The van der Waals surface area contributed by atoms with Crippen molar-refractivity contribution >= 4 is 19.8 Å². The molecular formula is C48H86NO8P. The van der Waals surface area contributed by atoms with Gasteiger partial charge in [0.15, 0.2) is 6.10 Å². The molecule has 0 spiro atoms. The molecule has 0 aromatic rings. The van der Waals surface area contributed by atoms with Crippen molar-refractivity contribution < 1.29 is 42.1 Å². The molecule has 0 N–H and O–H groups in total. The molecule has 336 valence electrons. The number of nitrogens with zero attached hydrogens (tertiary/aromatic N) is 1. The molecule has 2 atom stereocenters. The van der Waals surface area contributed by atoms with Gasteiger partial charge in [0, 0.05) is 12.8 Å². The highest BCUT2D eigenvalue weighted by molar-refractivity contribution is 7.45. The molecule has 2 unspecified atom stereocenters. The molecular weight excluding hydrogens is 750 g/mol. The van der Waals surface area contributed by atoms with Crippen LogP contribution in [0.2, 0.25) is 0 Å². The summed E-state index contributed by atoms with van der Waals surface area (Å²) in [7, 11) is 1.15. The predicted octanol–water partition coefficient (Wildman–Crippen LogP) is 12.6. The number of rotatable bonds is 41. The fraction of sp³-hybridized carbons (Fsp3) is 0.750. The lowest BCUT2D eigenvalue weighted by Crippen LogP contribution is -2.37. The highest BCUT2D eigenvalue weighted by atomic mass is 31.2. The molecule has 0 amide bonds. The zero-order chi connectivity index (χ0) is 42.8. The summed E-state index contributed by atoms with van der Waals surface area (Å²) >= 11 is 0. The van der Waals surface area contributed by atoms with E-state index in [1.165, 1.54) is 57.8 Å². The Morgan fingerprint density at radius 1 is 0.552 bits per heavy atom. The first-order valence-electron chi connectivity index (χ1n) is 23.0. The largest absolute Gasteiger partial charge is 0.756 e. The predicted molar refractivity (Wildman–Crippen MR) is 240 cm³/mol. The third-order valence-electron chi connectivity index (χ3n) is 9.52. The topological polar surface area (TPSA) is 111 Å². The van der Waals surface area contributed by atoms with E-state index in [1.807, 2.05) is 21.1 Å². The van der Waals surface area contributed by atoms with Crippen molar-refractivity contribution in [2.24, 2.45) is 0 Å². The van der Waals surface area contributed by atoms with Crippen LogP contribution in [-0.4, -0.2) is 70.0 Å². The number of allylic oxidation sites excluding steroid dienone is 10. The number of phosphoric acid groups is 1. The molecule has 0 heterocycles. The summed E-state index contributed by atoms with van der Waals surface area (Å²) in [5.41, 5.74) is 0. The second kappa shape index (κ2) is 40.1. The lowest BCUT2D eigenvalue weighted by molar-refractivity contribution is -0.870. The summed E-state index contributed by atoms with van der Waals surface area (Å²) in [6, 6.07) is 0. The molecule has 0 bridgehead atoms. The first kappa shape index (κ1) is 55.7. The number of carbonyl (C=O) groups excluding carboxylic acids is 2. The molecule has 0 radical (unpaired) electrons. The van der Waals surface area contributed by atoms with E-state index < -0.39 is 32.5 Å². The highest BCUT2D eigenvalue weighted by Gasteiger charge is 2.21. The maximum absolute atomic E-state index is 12.7. The Bertz CT molecular complexity index is 1170. The van der Waals surface area contributed by atoms with Crippen LogP contribution in [0.3, 0.4) is 0 Å². The van der Waals surface area contributed by atoms with E-state index in [9.17, 15) is 19.0 Å². The number of unbranched alkanes of at least 4 members (excludes halogenated alkanes) is 17. The average Bonchev–Trinajstić information content (AvgIpc) is 3.17. The molecule has 0 aromatic heterocycles. The van der Waals surface area contributed by atoms with Gasteiger partial charge in [-0.3, -0.25) is 14.2 Å². The average molecular weight is 836 g/mol. The Morgan fingerprint density at radius 3 is 1.48 bits per heavy atom. The Kier molecular flexibility index (Phi) is 38.5. The molecule has 0 aromatic carbocycles. The Labute approximate surface area is 356 Å². The smallest absolute Gasteiger partial charge is 0.306 e. The molecule has 0 aliphatic heterocycles. The van der Waals surface area contributed by atoms with E-state index >= 15 is 0 Å². The van der Waals surface area contributed by atoms with Gasteiger partial charge in [-0.2, -0.15) is 0 Å². The quantitative estimate of drug-likeness (QED) is 0.0197. The van der Waals surface area contributed by atoms with Crippen molar-refractivity contribution in [1.82, 2.24) is 0 Å². The van der Waals surface area contributed by atoms with Gasteiger partial charge in [0.1, 0.15) is 19.8 Å². The number of carbonyl (C=O) groups is 2. The number of ether oxygens (including phenoxy) is 2. The number of likely N-dealkylation sites (N-methyl/N-ethyl adjacent to an activating group) is 1. The van der Waals surface area contributed by atoms with Crippen LogP contribution < -0.4 is 4.89 Å². The second-order valence-corrected chi connectivity index (χ2v) is 17.8. The first-order valence-corrected chi connectivity index (χ1v) is 24.5. The van der Waals surface area contributed by atoms with E-state index in [4.69, 9.17) is 18.5 Å². The molecule has 0 rings (SSSR count). The highest BCUT2D eigenvalue weighted by Crippen LogP contribution is 2.38. The summed E-state index contributed by atoms with van der Waals surface area (Å²) in [6.45, 7) is 4.07. The SMILES string of the molecule is CC/C=C\C/C=C\C/C=C\C/C=C\CCCCCCCCCCC(=O)OC(COC(=O)CCCCCCC/C=C\CCCCCC)COP(=O)([O-])OCC[N+](C)(C)C. The summed E-state index contributed by atoms with van der Waals surface area (Å²) in [4.78, 5) is 37.6. The summed E-state index contributed by atoms with van der Waals surface area (Å²) in [5.74, 6) is -0.857. The van der Waals surface area contributed by atoms with Crippen molar-refractivity contribution in [3.05, 3.63) is 60.8 Å². The number of phosphoric ester groups is 1. The van der Waals surface area contributed by atoms with Gasteiger partial charge in [0.05, 0.1) is 27.7 Å². The van der Waals surface area contributed by atoms with E-state index in [1.54, 1.807) is 0 Å². The van der Waals surface area contributed by atoms with Gasteiger partial charge in [-0.05, 0) is 77.0 Å². The fourth-order valence-corrected chi connectivity index (χ4v) is 6.66. The van der Waals surface area contributed by atoms with Crippen LogP contribution >= 0.6 is 7.82 Å². The van der Waals surface area contributed by atoms with Gasteiger partial charge in [0.2, 0.25) is 0 Å². The number of quaternary nitrogens is 1. The summed E-state index contributed by atoms with van der Waals surface area (Å²) in [6.07, 6.45) is 48.1. The van der Waals surface area contributed by atoms with Gasteiger partial charge in [0.25, 0.3) is 7.82 Å². The fourth-order valence-electron chi connectivity index (χ4n) is 5.93. The van der Waals surface area contributed by atoms with E-state index in [0.29, 0.717) is 17.4 Å². The molecule has 0 saturated carbocycles. The minimum Gasteiger partial charge on any atom is -0.756 e. The molecule has 10 heteroatoms. The molecule has 9 nitrogen and oxygen atoms in total. The van der Waals surface area contributed by atoms with Crippen LogP contribution in [0, 0.1) is 0 Å². The number of esters is 2.